The monoisotopic (exact) mass is 440 g/mol. The van der Waals surface area contributed by atoms with Crippen LogP contribution in [0.25, 0.3) is 11.1 Å². The number of carbonyl (C=O) groups is 1. The summed E-state index contributed by atoms with van der Waals surface area (Å²) < 4.78 is 13.1. The molecule has 6 heteroatoms. The fourth-order valence-corrected chi connectivity index (χ4v) is 4.85. The van der Waals surface area contributed by atoms with Crippen molar-refractivity contribution in [3.63, 3.8) is 0 Å². The van der Waals surface area contributed by atoms with E-state index >= 15 is 0 Å². The van der Waals surface area contributed by atoms with Gasteiger partial charge in [-0.3, -0.25) is 4.79 Å². The Morgan fingerprint density at radius 2 is 1.87 bits per heavy atom. The minimum absolute atomic E-state index is 0.361. The predicted octanol–water partition coefficient (Wildman–Crippen LogP) is 5.62. The SMILES string of the molecule is CCCCCc1c(-c2ccsc2)c(C(N)=O)c(C)n1CCc1ccc(OC)c(OC)c1. The van der Waals surface area contributed by atoms with E-state index in [2.05, 4.69) is 29.0 Å². The third-order valence-electron chi connectivity index (χ3n) is 5.78. The molecule has 0 saturated carbocycles. The molecule has 0 aliphatic carbocycles. The van der Waals surface area contributed by atoms with Crippen LogP contribution < -0.4 is 15.2 Å². The van der Waals surface area contributed by atoms with Gasteiger partial charge < -0.3 is 19.8 Å². The second-order valence-corrected chi connectivity index (χ2v) is 8.49. The quantitative estimate of drug-likeness (QED) is 0.394. The lowest BCUT2D eigenvalue weighted by molar-refractivity contribution is 0.1000. The number of aromatic nitrogens is 1. The molecule has 5 nitrogen and oxygen atoms in total. The summed E-state index contributed by atoms with van der Waals surface area (Å²) in [5.41, 5.74) is 11.9. The first-order valence-electron chi connectivity index (χ1n) is 10.8. The zero-order valence-electron chi connectivity index (χ0n) is 18.9. The van der Waals surface area contributed by atoms with Crippen molar-refractivity contribution in [1.29, 1.82) is 0 Å². The Hall–Kier alpha value is -2.73. The van der Waals surface area contributed by atoms with E-state index in [0.29, 0.717) is 5.56 Å². The van der Waals surface area contributed by atoms with Gasteiger partial charge >= 0.3 is 0 Å². The normalized spacial score (nSPS) is 11.0. The molecular formula is C25H32N2O3S. The van der Waals surface area contributed by atoms with Gasteiger partial charge in [-0.05, 0) is 66.3 Å². The maximum absolute atomic E-state index is 12.4. The summed E-state index contributed by atoms with van der Waals surface area (Å²) >= 11 is 1.64. The zero-order valence-corrected chi connectivity index (χ0v) is 19.7. The van der Waals surface area contributed by atoms with Gasteiger partial charge in [0.15, 0.2) is 11.5 Å². The van der Waals surface area contributed by atoms with E-state index in [-0.39, 0.29) is 5.91 Å². The number of unbranched alkanes of at least 4 members (excludes halogenated alkanes) is 2. The van der Waals surface area contributed by atoms with Crippen LogP contribution >= 0.6 is 11.3 Å². The molecule has 0 radical (unpaired) electrons. The molecule has 0 aliphatic rings. The van der Waals surface area contributed by atoms with Crippen LogP contribution in [-0.4, -0.2) is 24.7 Å². The number of primary amides is 1. The summed E-state index contributed by atoms with van der Waals surface area (Å²) in [4.78, 5) is 12.4. The van der Waals surface area contributed by atoms with Crippen molar-refractivity contribution < 1.29 is 14.3 Å². The standard InChI is InChI=1S/C25H32N2O3S/c1-5-6-7-8-20-24(19-12-14-31-16-19)23(25(26)28)17(2)27(20)13-11-18-9-10-21(29-3)22(15-18)30-4/h9-10,12,14-16H,5-8,11,13H2,1-4H3,(H2,26,28). The van der Waals surface area contributed by atoms with Crippen LogP contribution in [0.4, 0.5) is 0 Å². The summed E-state index contributed by atoms with van der Waals surface area (Å²) in [7, 11) is 3.29. The Labute approximate surface area is 188 Å². The van der Waals surface area contributed by atoms with Crippen LogP contribution in [0.5, 0.6) is 11.5 Å². The highest BCUT2D eigenvalue weighted by molar-refractivity contribution is 7.08. The molecule has 1 amide bonds. The maximum atomic E-state index is 12.4. The summed E-state index contributed by atoms with van der Waals surface area (Å²) in [5.74, 6) is 1.09. The van der Waals surface area contributed by atoms with E-state index in [9.17, 15) is 4.79 Å². The van der Waals surface area contributed by atoms with Crippen LogP contribution in [-0.2, 0) is 19.4 Å². The van der Waals surface area contributed by atoms with Crippen LogP contribution in [0, 0.1) is 6.92 Å². The Morgan fingerprint density at radius 1 is 1.10 bits per heavy atom. The third kappa shape index (κ3) is 4.96. The van der Waals surface area contributed by atoms with Gasteiger partial charge in [-0.2, -0.15) is 11.3 Å². The van der Waals surface area contributed by atoms with E-state index in [1.807, 2.05) is 24.4 Å². The number of amides is 1. The minimum Gasteiger partial charge on any atom is -0.493 e. The highest BCUT2D eigenvalue weighted by atomic mass is 32.1. The lowest BCUT2D eigenvalue weighted by Crippen LogP contribution is -2.13. The lowest BCUT2D eigenvalue weighted by Gasteiger charge is -2.14. The number of benzene rings is 1. The fourth-order valence-electron chi connectivity index (χ4n) is 4.20. The molecule has 2 heterocycles. The second kappa shape index (κ2) is 10.5. The summed E-state index contributed by atoms with van der Waals surface area (Å²) in [6, 6.07) is 8.09. The van der Waals surface area contributed by atoms with Gasteiger partial charge in [0.1, 0.15) is 0 Å². The average Bonchev–Trinajstić information content (AvgIpc) is 3.38. The molecule has 0 saturated heterocycles. The first-order chi connectivity index (χ1) is 15.0. The largest absolute Gasteiger partial charge is 0.493 e. The Balaban J connectivity index is 2.00. The molecule has 2 aromatic heterocycles. The molecule has 2 N–H and O–H groups in total. The van der Waals surface area contributed by atoms with E-state index in [1.54, 1.807) is 25.6 Å². The summed E-state index contributed by atoms with van der Waals surface area (Å²) in [5, 5.41) is 4.15. The molecule has 3 aromatic rings. The molecule has 3 rings (SSSR count). The number of hydrogen-bond acceptors (Lipinski definition) is 4. The number of carbonyl (C=O) groups excluding carboxylic acids is 1. The van der Waals surface area contributed by atoms with Crippen molar-refractivity contribution in [3.05, 3.63) is 57.5 Å². The van der Waals surface area contributed by atoms with Gasteiger partial charge in [0.25, 0.3) is 5.91 Å². The predicted molar refractivity (Wildman–Crippen MR) is 127 cm³/mol. The highest BCUT2D eigenvalue weighted by Crippen LogP contribution is 2.35. The number of aryl methyl sites for hydroxylation is 1. The number of methoxy groups -OCH3 is 2. The summed E-state index contributed by atoms with van der Waals surface area (Å²) in [6.45, 7) is 4.98. The first kappa shape index (κ1) is 22.9. The van der Waals surface area contributed by atoms with Crippen LogP contribution in [0.3, 0.4) is 0 Å². The second-order valence-electron chi connectivity index (χ2n) is 7.71. The maximum Gasteiger partial charge on any atom is 0.251 e. The molecule has 166 valence electrons. The van der Waals surface area contributed by atoms with E-state index in [1.165, 1.54) is 5.69 Å². The number of rotatable bonds is 11. The van der Waals surface area contributed by atoms with Gasteiger partial charge in [0, 0.05) is 23.5 Å². The minimum atomic E-state index is -0.361. The van der Waals surface area contributed by atoms with Gasteiger partial charge in [0.05, 0.1) is 19.8 Å². The molecule has 0 bridgehead atoms. The van der Waals surface area contributed by atoms with Gasteiger partial charge in [-0.1, -0.05) is 25.8 Å². The van der Waals surface area contributed by atoms with Crippen molar-refractivity contribution >= 4 is 17.2 Å². The average molecular weight is 441 g/mol. The molecule has 31 heavy (non-hydrogen) atoms. The van der Waals surface area contributed by atoms with Crippen LogP contribution in [0.2, 0.25) is 0 Å². The fraction of sp³-hybridized carbons (Fsp3) is 0.400. The molecule has 1 aromatic carbocycles. The number of hydrogen-bond donors (Lipinski definition) is 1. The number of nitrogens with zero attached hydrogens (tertiary/aromatic N) is 1. The number of thiophene rings is 1. The van der Waals surface area contributed by atoms with E-state index in [4.69, 9.17) is 15.2 Å². The van der Waals surface area contributed by atoms with E-state index < -0.39 is 0 Å². The first-order valence-corrected chi connectivity index (χ1v) is 11.7. The van der Waals surface area contributed by atoms with Crippen molar-refractivity contribution in [1.82, 2.24) is 4.57 Å². The highest BCUT2D eigenvalue weighted by Gasteiger charge is 2.24. The van der Waals surface area contributed by atoms with Crippen LogP contribution in [0.15, 0.2) is 35.0 Å². The molecule has 0 spiro atoms. The molecule has 0 fully saturated rings. The molecular weight excluding hydrogens is 408 g/mol. The van der Waals surface area contributed by atoms with Crippen LogP contribution in [0.1, 0.15) is 53.5 Å². The number of ether oxygens (including phenoxy) is 2. The third-order valence-corrected chi connectivity index (χ3v) is 6.46. The smallest absolute Gasteiger partial charge is 0.251 e. The molecule has 0 aliphatic heterocycles. The Kier molecular flexibility index (Phi) is 7.80. The topological polar surface area (TPSA) is 66.5 Å². The van der Waals surface area contributed by atoms with Crippen molar-refractivity contribution in [2.45, 2.75) is 52.5 Å². The van der Waals surface area contributed by atoms with Crippen molar-refractivity contribution in [2.75, 3.05) is 14.2 Å². The lowest BCUT2D eigenvalue weighted by atomic mass is 9.99. The molecule has 0 unspecified atom stereocenters. The number of nitrogens with two attached hydrogens (primary N) is 1. The van der Waals surface area contributed by atoms with Gasteiger partial charge in [-0.15, -0.1) is 0 Å². The summed E-state index contributed by atoms with van der Waals surface area (Å²) in [6.07, 6.45) is 5.15. The van der Waals surface area contributed by atoms with Gasteiger partial charge in [0.2, 0.25) is 0 Å². The van der Waals surface area contributed by atoms with Crippen molar-refractivity contribution in [2.24, 2.45) is 5.73 Å². The Bertz CT molecular complexity index is 1020. The van der Waals surface area contributed by atoms with Gasteiger partial charge in [-0.25, -0.2) is 0 Å². The van der Waals surface area contributed by atoms with Crippen molar-refractivity contribution in [3.8, 4) is 22.6 Å². The molecule has 0 atom stereocenters. The van der Waals surface area contributed by atoms with E-state index in [0.717, 1.165) is 72.5 Å². The zero-order chi connectivity index (χ0) is 22.4. The Morgan fingerprint density at radius 3 is 2.48 bits per heavy atom.